The van der Waals surface area contributed by atoms with Gasteiger partial charge >= 0.3 is 5.97 Å². The van der Waals surface area contributed by atoms with Crippen LogP contribution in [0.4, 0.5) is 0 Å². The van der Waals surface area contributed by atoms with E-state index in [1.807, 2.05) is 42.5 Å². The molecule has 2 aromatic rings. The number of carbonyl (C=O) groups excluding carboxylic acids is 1. The van der Waals surface area contributed by atoms with Crippen LogP contribution in [-0.2, 0) is 6.42 Å². The molecule has 0 N–H and O–H groups in total. The predicted octanol–water partition coefficient (Wildman–Crippen LogP) is 11.8. The van der Waals surface area contributed by atoms with Crippen LogP contribution in [0.15, 0.2) is 42.5 Å². The molecule has 1 atom stereocenters. The second-order valence-electron chi connectivity index (χ2n) is 12.6. The molecule has 2 aromatic carbocycles. The molecule has 0 spiro atoms. The summed E-state index contributed by atoms with van der Waals surface area (Å²) in [4.78, 5) is 12.8. The third kappa shape index (κ3) is 14.7. The van der Waals surface area contributed by atoms with Crippen molar-refractivity contribution in [2.24, 2.45) is 0 Å². The van der Waals surface area contributed by atoms with Crippen LogP contribution < -0.4 is 14.2 Å². The van der Waals surface area contributed by atoms with Gasteiger partial charge < -0.3 is 14.2 Å². The summed E-state index contributed by atoms with van der Waals surface area (Å²) in [5.41, 5.74) is 1.68. The quantitative estimate of drug-likeness (QED) is 0.0691. The number of unbranched alkanes of at least 4 members (excludes halogenated alkanes) is 17. The molecule has 1 aliphatic rings. The van der Waals surface area contributed by atoms with E-state index in [4.69, 9.17) is 14.2 Å². The zero-order valence-corrected chi connectivity index (χ0v) is 27.5. The van der Waals surface area contributed by atoms with E-state index < -0.39 is 0 Å². The third-order valence-electron chi connectivity index (χ3n) is 8.76. The molecule has 0 unspecified atom stereocenters. The molecule has 0 saturated heterocycles. The van der Waals surface area contributed by atoms with Crippen molar-refractivity contribution < 1.29 is 19.0 Å². The van der Waals surface area contributed by atoms with E-state index in [9.17, 15) is 4.79 Å². The van der Waals surface area contributed by atoms with Crippen LogP contribution in [0.2, 0.25) is 0 Å². The van der Waals surface area contributed by atoms with Crippen LogP contribution in [0.5, 0.6) is 17.2 Å². The van der Waals surface area contributed by atoms with E-state index in [2.05, 4.69) is 13.8 Å². The Morgan fingerprint density at radius 1 is 0.674 bits per heavy atom. The van der Waals surface area contributed by atoms with Gasteiger partial charge in [0.25, 0.3) is 0 Å². The first-order valence-corrected chi connectivity index (χ1v) is 17.9. The number of benzene rings is 2. The largest absolute Gasteiger partial charge is 0.494 e. The maximum Gasteiger partial charge on any atom is 0.343 e. The molecule has 0 aromatic heterocycles. The maximum absolute atomic E-state index is 12.8. The van der Waals surface area contributed by atoms with Gasteiger partial charge in [-0.05, 0) is 80.1 Å². The van der Waals surface area contributed by atoms with Crippen molar-refractivity contribution in [2.45, 2.75) is 161 Å². The molecule has 0 bridgehead atoms. The molecular formula is C39H60O4. The number of hydrogen-bond donors (Lipinski definition) is 0. The van der Waals surface area contributed by atoms with E-state index in [1.165, 1.54) is 116 Å². The van der Waals surface area contributed by atoms with Gasteiger partial charge in [-0.1, -0.05) is 123 Å². The number of carbonyl (C=O) groups is 1. The van der Waals surface area contributed by atoms with Gasteiger partial charge in [0.1, 0.15) is 17.2 Å². The smallest absolute Gasteiger partial charge is 0.343 e. The SMILES string of the molecule is CCCCCCCCCCCCOc1ccc(OC(=O)c2ccc3c(c2)CC[C@@H](CCCCCCCCCCC)O3)cc1. The molecule has 0 saturated carbocycles. The Kier molecular flexibility index (Phi) is 18.0. The average Bonchev–Trinajstić information content (AvgIpc) is 3.03. The van der Waals surface area contributed by atoms with Gasteiger partial charge in [0.05, 0.1) is 18.3 Å². The van der Waals surface area contributed by atoms with Gasteiger partial charge in [0.15, 0.2) is 0 Å². The Bertz CT molecular complexity index is 999. The minimum atomic E-state index is -0.335. The van der Waals surface area contributed by atoms with Crippen LogP contribution in [0, 0.1) is 0 Å². The lowest BCUT2D eigenvalue weighted by molar-refractivity contribution is 0.0734. The standard InChI is InChI=1S/C39H60O4/c1-3-5-7-9-11-13-15-17-19-21-31-41-35-26-28-37(29-27-35)43-39(40)34-24-30-38-33(32-34)23-25-36(42-38)22-20-18-16-14-12-10-8-6-4-2/h24,26-30,32,36H,3-23,25,31H2,1-2H3/t36-/m1/s1. The van der Waals surface area contributed by atoms with E-state index >= 15 is 0 Å². The van der Waals surface area contributed by atoms with E-state index in [-0.39, 0.29) is 5.97 Å². The highest BCUT2D eigenvalue weighted by molar-refractivity contribution is 5.91. The van der Waals surface area contributed by atoms with Crippen molar-refractivity contribution in [3.8, 4) is 17.2 Å². The van der Waals surface area contributed by atoms with Crippen LogP contribution in [-0.4, -0.2) is 18.7 Å². The molecular weight excluding hydrogens is 532 g/mol. The van der Waals surface area contributed by atoms with Crippen LogP contribution >= 0.6 is 0 Å². The van der Waals surface area contributed by atoms with E-state index in [0.717, 1.165) is 49.4 Å². The molecule has 4 heteroatoms. The Morgan fingerprint density at radius 2 is 1.21 bits per heavy atom. The van der Waals surface area contributed by atoms with Crippen LogP contribution in [0.3, 0.4) is 0 Å². The minimum absolute atomic E-state index is 0.292. The Labute approximate surface area is 263 Å². The molecule has 1 aliphatic heterocycles. The lowest BCUT2D eigenvalue weighted by Crippen LogP contribution is -2.23. The molecule has 0 fully saturated rings. The number of ether oxygens (including phenoxy) is 3. The van der Waals surface area contributed by atoms with Crippen molar-refractivity contribution >= 4 is 5.97 Å². The molecule has 43 heavy (non-hydrogen) atoms. The Morgan fingerprint density at radius 3 is 1.81 bits per heavy atom. The van der Waals surface area contributed by atoms with Crippen molar-refractivity contribution in [1.82, 2.24) is 0 Å². The first kappa shape index (κ1) is 35.0. The second kappa shape index (κ2) is 22.1. The first-order valence-electron chi connectivity index (χ1n) is 17.9. The van der Waals surface area contributed by atoms with Crippen molar-refractivity contribution in [2.75, 3.05) is 6.61 Å². The van der Waals surface area contributed by atoms with Gasteiger partial charge in [0.2, 0.25) is 0 Å². The second-order valence-corrected chi connectivity index (χ2v) is 12.6. The number of fused-ring (bicyclic) bond motifs is 1. The first-order chi connectivity index (χ1) is 21.2. The lowest BCUT2D eigenvalue weighted by Gasteiger charge is -2.26. The number of aryl methyl sites for hydroxylation is 1. The number of esters is 1. The molecule has 0 radical (unpaired) electrons. The maximum atomic E-state index is 12.8. The molecule has 0 aliphatic carbocycles. The van der Waals surface area contributed by atoms with Gasteiger partial charge in [-0.15, -0.1) is 0 Å². The predicted molar refractivity (Wildman–Crippen MR) is 180 cm³/mol. The van der Waals surface area contributed by atoms with Gasteiger partial charge in [-0.2, -0.15) is 0 Å². The summed E-state index contributed by atoms with van der Waals surface area (Å²) in [7, 11) is 0. The van der Waals surface area contributed by atoms with Crippen LogP contribution in [0.25, 0.3) is 0 Å². The summed E-state index contributed by atoms with van der Waals surface area (Å²) in [6.07, 6.45) is 28.7. The molecule has 240 valence electrons. The highest BCUT2D eigenvalue weighted by Gasteiger charge is 2.21. The highest BCUT2D eigenvalue weighted by Crippen LogP contribution is 2.31. The van der Waals surface area contributed by atoms with Crippen molar-refractivity contribution in [3.05, 3.63) is 53.6 Å². The monoisotopic (exact) mass is 592 g/mol. The minimum Gasteiger partial charge on any atom is -0.494 e. The zero-order chi connectivity index (χ0) is 30.4. The number of hydrogen-bond acceptors (Lipinski definition) is 4. The highest BCUT2D eigenvalue weighted by atomic mass is 16.5. The van der Waals surface area contributed by atoms with Crippen molar-refractivity contribution in [3.63, 3.8) is 0 Å². The lowest BCUT2D eigenvalue weighted by atomic mass is 9.97. The summed E-state index contributed by atoms with van der Waals surface area (Å²) >= 11 is 0. The molecule has 4 nitrogen and oxygen atoms in total. The Hall–Kier alpha value is -2.49. The summed E-state index contributed by atoms with van der Waals surface area (Å²) in [5, 5.41) is 0. The van der Waals surface area contributed by atoms with Crippen molar-refractivity contribution in [1.29, 1.82) is 0 Å². The van der Waals surface area contributed by atoms with E-state index in [1.54, 1.807) is 0 Å². The van der Waals surface area contributed by atoms with E-state index in [0.29, 0.717) is 17.4 Å². The summed E-state index contributed by atoms with van der Waals surface area (Å²) in [6.45, 7) is 5.27. The zero-order valence-electron chi connectivity index (χ0n) is 27.5. The third-order valence-corrected chi connectivity index (χ3v) is 8.76. The normalized spacial score (nSPS) is 14.2. The summed E-state index contributed by atoms with van der Waals surface area (Å²) < 4.78 is 17.8. The molecule has 0 amide bonds. The van der Waals surface area contributed by atoms with Gasteiger partial charge in [-0.25, -0.2) is 4.79 Å². The fourth-order valence-corrected chi connectivity index (χ4v) is 6.01. The van der Waals surface area contributed by atoms with Gasteiger partial charge in [-0.3, -0.25) is 0 Å². The Balaban J connectivity index is 1.28. The average molecular weight is 593 g/mol. The number of rotatable bonds is 24. The topological polar surface area (TPSA) is 44.8 Å². The van der Waals surface area contributed by atoms with Gasteiger partial charge in [0, 0.05) is 0 Å². The van der Waals surface area contributed by atoms with Crippen LogP contribution in [0.1, 0.15) is 165 Å². The molecule has 1 heterocycles. The summed E-state index contributed by atoms with van der Waals surface area (Å²) in [6, 6.07) is 13.1. The summed E-state index contributed by atoms with van der Waals surface area (Å²) in [5.74, 6) is 1.94. The fourth-order valence-electron chi connectivity index (χ4n) is 6.01. The fraction of sp³-hybridized carbons (Fsp3) is 0.667. The molecule has 3 rings (SSSR count).